The van der Waals surface area contributed by atoms with Gasteiger partial charge in [0.2, 0.25) is 5.91 Å². The second-order valence-electron chi connectivity index (χ2n) is 5.12. The summed E-state index contributed by atoms with van der Waals surface area (Å²) < 4.78 is 0. The second kappa shape index (κ2) is 3.62. The van der Waals surface area contributed by atoms with Gasteiger partial charge in [-0.1, -0.05) is 31.2 Å². The number of piperidine rings is 1. The third-order valence-electron chi connectivity index (χ3n) is 4.04. The summed E-state index contributed by atoms with van der Waals surface area (Å²) in [6.45, 7) is 2.21. The normalized spacial score (nSPS) is 32.6. The Bertz CT molecular complexity index is 426. The molecule has 1 amide bonds. The van der Waals surface area contributed by atoms with E-state index in [2.05, 4.69) is 36.5 Å². The van der Waals surface area contributed by atoms with E-state index in [0.29, 0.717) is 24.3 Å². The van der Waals surface area contributed by atoms with Crippen molar-refractivity contribution in [2.24, 2.45) is 5.92 Å². The van der Waals surface area contributed by atoms with Crippen LogP contribution in [-0.2, 0) is 11.2 Å². The third-order valence-corrected chi connectivity index (χ3v) is 4.04. The summed E-state index contributed by atoms with van der Waals surface area (Å²) in [5, 5.41) is 3.15. The Labute approximate surface area is 96.1 Å². The van der Waals surface area contributed by atoms with Crippen molar-refractivity contribution in [3.05, 3.63) is 35.4 Å². The Balaban J connectivity index is 2.01. The van der Waals surface area contributed by atoms with Gasteiger partial charge in [-0.25, -0.2) is 0 Å². The second-order valence-corrected chi connectivity index (χ2v) is 5.12. The van der Waals surface area contributed by atoms with Crippen LogP contribution in [-0.4, -0.2) is 11.9 Å². The standard InChI is InChI=1S/C14H17NO/c1-9-8-13(16)15-12-7-6-10-4-2-3-5-11(10)14(9)12/h2-5,9,12,14H,6-8H2,1H3,(H,15,16). The zero-order chi connectivity index (χ0) is 11.1. The van der Waals surface area contributed by atoms with E-state index in [0.717, 1.165) is 12.8 Å². The van der Waals surface area contributed by atoms with Gasteiger partial charge in [-0.15, -0.1) is 0 Å². The molecule has 2 nitrogen and oxygen atoms in total. The number of nitrogens with one attached hydrogen (secondary N) is 1. The maximum Gasteiger partial charge on any atom is 0.220 e. The monoisotopic (exact) mass is 215 g/mol. The molecule has 1 saturated heterocycles. The number of fused-ring (bicyclic) bond motifs is 3. The van der Waals surface area contributed by atoms with Crippen LogP contribution in [0.2, 0.25) is 0 Å². The van der Waals surface area contributed by atoms with Gasteiger partial charge >= 0.3 is 0 Å². The van der Waals surface area contributed by atoms with Gasteiger partial charge in [0.05, 0.1) is 0 Å². The predicted molar refractivity (Wildman–Crippen MR) is 63.2 cm³/mol. The van der Waals surface area contributed by atoms with Crippen molar-refractivity contribution < 1.29 is 4.79 Å². The first-order chi connectivity index (χ1) is 7.75. The van der Waals surface area contributed by atoms with Gasteiger partial charge in [0.25, 0.3) is 0 Å². The number of hydrogen-bond acceptors (Lipinski definition) is 1. The lowest BCUT2D eigenvalue weighted by atomic mass is 9.70. The number of rotatable bonds is 0. The van der Waals surface area contributed by atoms with E-state index in [9.17, 15) is 4.79 Å². The third kappa shape index (κ3) is 1.44. The van der Waals surface area contributed by atoms with Gasteiger partial charge in [0.1, 0.15) is 0 Å². The summed E-state index contributed by atoms with van der Waals surface area (Å²) in [4.78, 5) is 11.5. The number of carbonyl (C=O) groups is 1. The molecule has 1 aliphatic heterocycles. The fraction of sp³-hybridized carbons (Fsp3) is 0.500. The van der Waals surface area contributed by atoms with Crippen LogP contribution in [0.3, 0.4) is 0 Å². The summed E-state index contributed by atoms with van der Waals surface area (Å²) in [5.41, 5.74) is 2.94. The molecule has 0 radical (unpaired) electrons. The molecule has 1 heterocycles. The lowest BCUT2D eigenvalue weighted by Gasteiger charge is -2.41. The molecule has 0 saturated carbocycles. The summed E-state index contributed by atoms with van der Waals surface area (Å²) in [7, 11) is 0. The highest BCUT2D eigenvalue weighted by Crippen LogP contribution is 2.40. The molecule has 3 rings (SSSR count). The van der Waals surface area contributed by atoms with Gasteiger partial charge in [-0.05, 0) is 29.9 Å². The summed E-state index contributed by atoms with van der Waals surface area (Å²) in [6, 6.07) is 9.07. The summed E-state index contributed by atoms with van der Waals surface area (Å²) in [5.74, 6) is 1.23. The minimum Gasteiger partial charge on any atom is -0.353 e. The van der Waals surface area contributed by atoms with E-state index < -0.39 is 0 Å². The van der Waals surface area contributed by atoms with Crippen molar-refractivity contribution in [2.45, 2.75) is 38.1 Å². The van der Waals surface area contributed by atoms with Crippen LogP contribution in [0, 0.1) is 5.92 Å². The minimum absolute atomic E-state index is 0.230. The highest BCUT2D eigenvalue weighted by molar-refractivity contribution is 5.78. The Kier molecular flexibility index (Phi) is 2.23. The van der Waals surface area contributed by atoms with E-state index in [1.165, 1.54) is 11.1 Å². The van der Waals surface area contributed by atoms with Crippen LogP contribution in [0.1, 0.15) is 36.8 Å². The molecule has 1 aliphatic carbocycles. The summed E-state index contributed by atoms with van der Waals surface area (Å²) in [6.07, 6.45) is 2.87. The molecule has 1 aromatic rings. The lowest BCUT2D eigenvalue weighted by molar-refractivity contribution is -0.125. The molecule has 1 N–H and O–H groups in total. The van der Waals surface area contributed by atoms with Crippen LogP contribution in [0.5, 0.6) is 0 Å². The molecule has 3 atom stereocenters. The first kappa shape index (κ1) is 9.88. The Morgan fingerprint density at radius 2 is 2.12 bits per heavy atom. The average molecular weight is 215 g/mol. The molecule has 0 bridgehead atoms. The molecular formula is C14H17NO. The van der Waals surface area contributed by atoms with Gasteiger partial charge in [0.15, 0.2) is 0 Å². The quantitative estimate of drug-likeness (QED) is 0.706. The minimum atomic E-state index is 0.230. The topological polar surface area (TPSA) is 29.1 Å². The number of hydrogen-bond donors (Lipinski definition) is 1. The molecule has 16 heavy (non-hydrogen) atoms. The fourth-order valence-electron chi connectivity index (χ4n) is 3.34. The van der Waals surface area contributed by atoms with Gasteiger partial charge in [-0.3, -0.25) is 4.79 Å². The van der Waals surface area contributed by atoms with E-state index in [-0.39, 0.29) is 5.91 Å². The highest BCUT2D eigenvalue weighted by Gasteiger charge is 2.38. The average Bonchev–Trinajstić information content (AvgIpc) is 2.28. The molecular weight excluding hydrogens is 198 g/mol. The summed E-state index contributed by atoms with van der Waals surface area (Å²) >= 11 is 0. The predicted octanol–water partition coefficient (Wildman–Crippen LogP) is 2.24. The van der Waals surface area contributed by atoms with E-state index in [1.807, 2.05) is 0 Å². The van der Waals surface area contributed by atoms with E-state index in [4.69, 9.17) is 0 Å². The van der Waals surface area contributed by atoms with Gasteiger partial charge < -0.3 is 5.32 Å². The molecule has 2 heteroatoms. The van der Waals surface area contributed by atoms with Crippen molar-refractivity contribution >= 4 is 5.91 Å². The molecule has 1 fully saturated rings. The Morgan fingerprint density at radius 3 is 3.00 bits per heavy atom. The van der Waals surface area contributed by atoms with Crippen molar-refractivity contribution in [3.8, 4) is 0 Å². The fourth-order valence-corrected chi connectivity index (χ4v) is 3.34. The van der Waals surface area contributed by atoms with Crippen LogP contribution < -0.4 is 5.32 Å². The molecule has 0 aromatic heterocycles. The van der Waals surface area contributed by atoms with Crippen molar-refractivity contribution in [1.29, 1.82) is 0 Å². The first-order valence-electron chi connectivity index (χ1n) is 6.13. The SMILES string of the molecule is CC1CC(=O)NC2CCc3ccccc3C12. The lowest BCUT2D eigenvalue weighted by Crippen LogP contribution is -2.49. The van der Waals surface area contributed by atoms with Crippen molar-refractivity contribution in [1.82, 2.24) is 5.32 Å². The zero-order valence-electron chi connectivity index (χ0n) is 9.57. The molecule has 0 spiro atoms. The number of amides is 1. The van der Waals surface area contributed by atoms with Crippen LogP contribution in [0.25, 0.3) is 0 Å². The molecule has 84 valence electrons. The smallest absolute Gasteiger partial charge is 0.220 e. The largest absolute Gasteiger partial charge is 0.353 e. The first-order valence-corrected chi connectivity index (χ1v) is 6.13. The maximum absolute atomic E-state index is 11.5. The number of aryl methyl sites for hydroxylation is 1. The van der Waals surface area contributed by atoms with Gasteiger partial charge in [0, 0.05) is 18.4 Å². The highest BCUT2D eigenvalue weighted by atomic mass is 16.1. The van der Waals surface area contributed by atoms with Crippen LogP contribution in [0.15, 0.2) is 24.3 Å². The van der Waals surface area contributed by atoms with E-state index in [1.54, 1.807) is 0 Å². The zero-order valence-corrected chi connectivity index (χ0v) is 9.57. The van der Waals surface area contributed by atoms with Crippen LogP contribution >= 0.6 is 0 Å². The molecule has 2 aliphatic rings. The Morgan fingerprint density at radius 1 is 1.31 bits per heavy atom. The maximum atomic E-state index is 11.5. The Hall–Kier alpha value is -1.31. The van der Waals surface area contributed by atoms with Crippen LogP contribution in [0.4, 0.5) is 0 Å². The van der Waals surface area contributed by atoms with E-state index >= 15 is 0 Å². The number of carbonyl (C=O) groups excluding carboxylic acids is 1. The van der Waals surface area contributed by atoms with Crippen molar-refractivity contribution in [2.75, 3.05) is 0 Å². The van der Waals surface area contributed by atoms with Gasteiger partial charge in [-0.2, -0.15) is 0 Å². The molecule has 1 aromatic carbocycles. The van der Waals surface area contributed by atoms with Crippen molar-refractivity contribution in [3.63, 3.8) is 0 Å². The molecule has 3 unspecified atom stereocenters. The number of benzene rings is 1.